The van der Waals surface area contributed by atoms with Gasteiger partial charge in [0.1, 0.15) is 0 Å². The van der Waals surface area contributed by atoms with E-state index in [0.29, 0.717) is 5.41 Å². The molecule has 0 saturated heterocycles. The van der Waals surface area contributed by atoms with Gasteiger partial charge in [0, 0.05) is 0 Å². The van der Waals surface area contributed by atoms with Gasteiger partial charge in [-0.1, -0.05) is 25.5 Å². The van der Waals surface area contributed by atoms with Crippen molar-refractivity contribution in [2.45, 2.75) is 65.9 Å². The van der Waals surface area contributed by atoms with Crippen LogP contribution in [0.2, 0.25) is 0 Å². The van der Waals surface area contributed by atoms with E-state index in [1.54, 1.807) is 0 Å². The van der Waals surface area contributed by atoms with Crippen LogP contribution in [-0.2, 0) is 0 Å². The molecule has 0 amide bonds. The van der Waals surface area contributed by atoms with E-state index >= 15 is 0 Å². The Kier molecular flexibility index (Phi) is 2.94. The van der Waals surface area contributed by atoms with Crippen LogP contribution >= 0.6 is 0 Å². The Labute approximate surface area is 99.9 Å². The average Bonchev–Trinajstić information content (AvgIpc) is 2.52. The van der Waals surface area contributed by atoms with Crippen molar-refractivity contribution in [3.05, 3.63) is 11.6 Å². The summed E-state index contributed by atoms with van der Waals surface area (Å²) in [7, 11) is 0. The molecule has 2 saturated carbocycles. The Bertz CT molecular complexity index is 303. The molecule has 2 aliphatic carbocycles. The van der Waals surface area contributed by atoms with Gasteiger partial charge in [-0.25, -0.2) is 0 Å². The quantitative estimate of drug-likeness (QED) is 0.718. The summed E-state index contributed by atoms with van der Waals surface area (Å²) in [5, 5.41) is 10.2. The first kappa shape index (κ1) is 12.2. The highest BCUT2D eigenvalue weighted by Crippen LogP contribution is 2.67. The summed E-state index contributed by atoms with van der Waals surface area (Å²) in [5.74, 6) is 0.762. The molecule has 0 aliphatic heterocycles. The molecular formula is C15H26O. The van der Waals surface area contributed by atoms with Gasteiger partial charge in [0.05, 0.1) is 6.10 Å². The van der Waals surface area contributed by atoms with Crippen molar-refractivity contribution < 1.29 is 5.11 Å². The lowest BCUT2D eigenvalue weighted by molar-refractivity contribution is 0.00200. The lowest BCUT2D eigenvalue weighted by atomic mass is 9.66. The van der Waals surface area contributed by atoms with Crippen LogP contribution in [0.25, 0.3) is 0 Å². The van der Waals surface area contributed by atoms with Crippen molar-refractivity contribution >= 4 is 0 Å². The molecule has 2 aliphatic rings. The summed E-state index contributed by atoms with van der Waals surface area (Å²) in [4.78, 5) is 0. The van der Waals surface area contributed by atoms with Crippen LogP contribution in [0.4, 0.5) is 0 Å². The van der Waals surface area contributed by atoms with E-state index in [1.165, 1.54) is 31.3 Å². The number of hydrogen-bond donors (Lipinski definition) is 1. The van der Waals surface area contributed by atoms with E-state index in [4.69, 9.17) is 0 Å². The molecule has 4 atom stereocenters. The van der Waals surface area contributed by atoms with E-state index < -0.39 is 0 Å². The zero-order valence-electron chi connectivity index (χ0n) is 11.2. The molecule has 1 nitrogen and oxygen atoms in total. The molecule has 2 rings (SSSR count). The maximum Gasteiger partial charge on any atom is 0.0601 e. The second-order valence-electron chi connectivity index (χ2n) is 6.64. The van der Waals surface area contributed by atoms with Crippen LogP contribution < -0.4 is 0 Å². The molecule has 4 unspecified atom stereocenters. The summed E-state index contributed by atoms with van der Waals surface area (Å²) in [6.45, 7) is 9.07. The first-order chi connectivity index (χ1) is 7.40. The minimum absolute atomic E-state index is 0.0528. The highest BCUT2D eigenvalue weighted by molar-refractivity contribution is 5.13. The van der Waals surface area contributed by atoms with Crippen molar-refractivity contribution in [1.29, 1.82) is 0 Å². The molecule has 1 heteroatoms. The van der Waals surface area contributed by atoms with Crippen molar-refractivity contribution in [3.8, 4) is 0 Å². The van der Waals surface area contributed by atoms with Gasteiger partial charge in [-0.2, -0.15) is 0 Å². The number of aliphatic hydroxyl groups excluding tert-OH is 1. The molecule has 0 heterocycles. The lowest BCUT2D eigenvalue weighted by Crippen LogP contribution is -2.37. The predicted molar refractivity (Wildman–Crippen MR) is 68.2 cm³/mol. The zero-order valence-corrected chi connectivity index (χ0v) is 11.2. The molecule has 0 aromatic rings. The molecular weight excluding hydrogens is 196 g/mol. The smallest absolute Gasteiger partial charge is 0.0601 e. The highest BCUT2D eigenvalue weighted by Gasteiger charge is 2.62. The number of allylic oxidation sites excluding steroid dienone is 2. The fourth-order valence-electron chi connectivity index (χ4n) is 4.15. The Morgan fingerprint density at radius 2 is 2.06 bits per heavy atom. The SMILES string of the molecule is CC(C)=CCCC1(C)C2CCC1(C)C(O)C2. The van der Waals surface area contributed by atoms with Crippen LogP contribution in [0.3, 0.4) is 0 Å². The fraction of sp³-hybridized carbons (Fsp3) is 0.867. The maximum absolute atomic E-state index is 10.2. The molecule has 2 bridgehead atoms. The first-order valence-corrected chi connectivity index (χ1v) is 6.71. The Morgan fingerprint density at radius 1 is 1.38 bits per heavy atom. The fourth-order valence-corrected chi connectivity index (χ4v) is 4.15. The largest absolute Gasteiger partial charge is 0.393 e. The van der Waals surface area contributed by atoms with Gasteiger partial charge < -0.3 is 5.11 Å². The molecule has 0 spiro atoms. The zero-order chi connectivity index (χ0) is 12.0. The molecule has 0 radical (unpaired) electrons. The Morgan fingerprint density at radius 3 is 2.50 bits per heavy atom. The summed E-state index contributed by atoms with van der Waals surface area (Å²) < 4.78 is 0. The van der Waals surface area contributed by atoms with E-state index in [9.17, 15) is 5.11 Å². The third-order valence-electron chi connectivity index (χ3n) is 5.68. The van der Waals surface area contributed by atoms with Crippen molar-refractivity contribution in [3.63, 3.8) is 0 Å². The molecule has 2 fully saturated rings. The molecule has 16 heavy (non-hydrogen) atoms. The molecule has 1 N–H and O–H groups in total. The van der Waals surface area contributed by atoms with Crippen molar-refractivity contribution in [1.82, 2.24) is 0 Å². The minimum Gasteiger partial charge on any atom is -0.393 e. The van der Waals surface area contributed by atoms with E-state index in [-0.39, 0.29) is 11.5 Å². The normalized spacial score (nSPS) is 46.1. The maximum atomic E-state index is 10.2. The van der Waals surface area contributed by atoms with Crippen LogP contribution in [0, 0.1) is 16.7 Å². The highest BCUT2D eigenvalue weighted by atomic mass is 16.3. The second-order valence-corrected chi connectivity index (χ2v) is 6.64. The minimum atomic E-state index is -0.0528. The molecule has 92 valence electrons. The topological polar surface area (TPSA) is 20.2 Å². The number of aliphatic hydroxyl groups is 1. The lowest BCUT2D eigenvalue weighted by Gasteiger charge is -2.40. The van der Waals surface area contributed by atoms with Gasteiger partial charge in [0.2, 0.25) is 0 Å². The monoisotopic (exact) mass is 222 g/mol. The van der Waals surface area contributed by atoms with Gasteiger partial charge >= 0.3 is 0 Å². The number of rotatable bonds is 3. The van der Waals surface area contributed by atoms with E-state index in [1.807, 2.05) is 0 Å². The van der Waals surface area contributed by atoms with Crippen LogP contribution in [0.15, 0.2) is 11.6 Å². The van der Waals surface area contributed by atoms with Crippen LogP contribution in [-0.4, -0.2) is 11.2 Å². The standard InChI is InChI=1S/C15H26O/c1-11(2)6-5-8-14(3)12-7-9-15(14,4)13(16)10-12/h6,12-13,16H,5,7-10H2,1-4H3. The number of fused-ring (bicyclic) bond motifs is 2. The van der Waals surface area contributed by atoms with Crippen LogP contribution in [0.1, 0.15) is 59.8 Å². The summed E-state index contributed by atoms with van der Waals surface area (Å²) in [6, 6.07) is 0. The summed E-state index contributed by atoms with van der Waals surface area (Å²) in [6.07, 6.45) is 8.32. The summed E-state index contributed by atoms with van der Waals surface area (Å²) >= 11 is 0. The Hall–Kier alpha value is -0.300. The van der Waals surface area contributed by atoms with E-state index in [2.05, 4.69) is 33.8 Å². The second kappa shape index (κ2) is 3.87. The van der Waals surface area contributed by atoms with Gasteiger partial charge in [-0.05, 0) is 62.7 Å². The predicted octanol–water partition coefficient (Wildman–Crippen LogP) is 3.92. The molecule has 0 aromatic heterocycles. The molecule has 0 aromatic carbocycles. The van der Waals surface area contributed by atoms with Crippen molar-refractivity contribution in [2.24, 2.45) is 16.7 Å². The third-order valence-corrected chi connectivity index (χ3v) is 5.68. The van der Waals surface area contributed by atoms with Crippen molar-refractivity contribution in [2.75, 3.05) is 0 Å². The summed E-state index contributed by atoms with van der Waals surface area (Å²) in [5.41, 5.74) is 1.98. The number of hydrogen-bond acceptors (Lipinski definition) is 1. The van der Waals surface area contributed by atoms with Gasteiger partial charge in [-0.15, -0.1) is 0 Å². The van der Waals surface area contributed by atoms with Gasteiger partial charge in [0.15, 0.2) is 0 Å². The average molecular weight is 222 g/mol. The Balaban J connectivity index is 2.10. The van der Waals surface area contributed by atoms with Gasteiger partial charge in [-0.3, -0.25) is 0 Å². The van der Waals surface area contributed by atoms with E-state index in [0.717, 1.165) is 12.3 Å². The third kappa shape index (κ3) is 1.55. The first-order valence-electron chi connectivity index (χ1n) is 6.71. The van der Waals surface area contributed by atoms with Gasteiger partial charge in [0.25, 0.3) is 0 Å². The van der Waals surface area contributed by atoms with Crippen LogP contribution in [0.5, 0.6) is 0 Å².